The fourth-order valence-corrected chi connectivity index (χ4v) is 4.54. The van der Waals surface area contributed by atoms with Gasteiger partial charge in [-0.1, -0.05) is 18.2 Å². The first-order chi connectivity index (χ1) is 14.9. The van der Waals surface area contributed by atoms with Gasteiger partial charge in [0, 0.05) is 11.8 Å². The SMILES string of the molecule is O=C(CN(c1ccc(F)cc1)S(=O)(=O)c1ccccc1)Nc1ccc2c(c1)OCCO2. The third-order valence-electron chi connectivity index (χ3n) is 4.56. The van der Waals surface area contributed by atoms with Gasteiger partial charge in [0.05, 0.1) is 10.6 Å². The number of carbonyl (C=O) groups excluding carboxylic acids is 1. The topological polar surface area (TPSA) is 84.9 Å². The molecule has 0 unspecified atom stereocenters. The maximum atomic E-state index is 13.4. The Morgan fingerprint density at radius 2 is 1.61 bits per heavy atom. The van der Waals surface area contributed by atoms with E-state index >= 15 is 0 Å². The minimum atomic E-state index is -4.06. The standard InChI is InChI=1S/C22H19FN2O5S/c23-16-6-9-18(10-7-16)25(31(27,28)19-4-2-1-3-5-19)15-22(26)24-17-8-11-20-21(14-17)30-13-12-29-20/h1-11,14H,12-13,15H2,(H,24,26). The van der Waals surface area contributed by atoms with E-state index in [2.05, 4.69) is 5.32 Å². The third-order valence-corrected chi connectivity index (χ3v) is 6.35. The lowest BCUT2D eigenvalue weighted by Crippen LogP contribution is -2.38. The average Bonchev–Trinajstić information content (AvgIpc) is 2.78. The third kappa shape index (κ3) is 4.61. The second kappa shape index (κ2) is 8.65. The summed E-state index contributed by atoms with van der Waals surface area (Å²) in [6.07, 6.45) is 0. The predicted molar refractivity (Wildman–Crippen MR) is 113 cm³/mol. The number of carbonyl (C=O) groups is 1. The quantitative estimate of drug-likeness (QED) is 0.632. The second-order valence-corrected chi connectivity index (χ2v) is 8.57. The first kappa shape index (κ1) is 20.7. The van der Waals surface area contributed by atoms with E-state index in [1.54, 1.807) is 36.4 Å². The number of halogens is 1. The van der Waals surface area contributed by atoms with Crippen molar-refractivity contribution in [2.75, 3.05) is 29.4 Å². The van der Waals surface area contributed by atoms with E-state index in [0.29, 0.717) is 30.4 Å². The zero-order chi connectivity index (χ0) is 21.8. The van der Waals surface area contributed by atoms with Crippen LogP contribution in [-0.4, -0.2) is 34.1 Å². The number of fused-ring (bicyclic) bond motifs is 1. The molecule has 0 saturated heterocycles. The largest absolute Gasteiger partial charge is 0.486 e. The summed E-state index contributed by atoms with van der Waals surface area (Å²) in [6, 6.07) is 17.6. The van der Waals surface area contributed by atoms with Gasteiger partial charge in [-0.3, -0.25) is 9.10 Å². The monoisotopic (exact) mass is 442 g/mol. The molecule has 3 aromatic rings. The highest BCUT2D eigenvalue weighted by molar-refractivity contribution is 7.92. The van der Waals surface area contributed by atoms with Crippen LogP contribution in [0.15, 0.2) is 77.7 Å². The number of hydrogen-bond donors (Lipinski definition) is 1. The molecule has 0 aliphatic carbocycles. The number of hydrogen-bond acceptors (Lipinski definition) is 5. The Hall–Kier alpha value is -3.59. The summed E-state index contributed by atoms with van der Waals surface area (Å²) in [5.41, 5.74) is 0.605. The van der Waals surface area contributed by atoms with Crippen LogP contribution in [0.5, 0.6) is 11.5 Å². The van der Waals surface area contributed by atoms with Crippen molar-refractivity contribution in [3.05, 3.63) is 78.6 Å². The number of nitrogens with one attached hydrogen (secondary N) is 1. The molecular formula is C22H19FN2O5S. The summed E-state index contributed by atoms with van der Waals surface area (Å²) in [5, 5.41) is 2.67. The fraction of sp³-hybridized carbons (Fsp3) is 0.136. The van der Waals surface area contributed by atoms with Gasteiger partial charge in [-0.05, 0) is 48.5 Å². The zero-order valence-corrected chi connectivity index (χ0v) is 17.1. The lowest BCUT2D eigenvalue weighted by atomic mass is 10.2. The molecule has 0 spiro atoms. The number of sulfonamides is 1. The molecule has 0 saturated carbocycles. The van der Waals surface area contributed by atoms with E-state index in [1.165, 1.54) is 24.3 Å². The van der Waals surface area contributed by atoms with Gasteiger partial charge in [-0.15, -0.1) is 0 Å². The van der Waals surface area contributed by atoms with Crippen LogP contribution in [0.1, 0.15) is 0 Å². The van der Waals surface area contributed by atoms with Crippen LogP contribution in [0.4, 0.5) is 15.8 Å². The summed E-state index contributed by atoms with van der Waals surface area (Å²) >= 11 is 0. The molecule has 0 bridgehead atoms. The highest BCUT2D eigenvalue weighted by Gasteiger charge is 2.27. The number of amides is 1. The first-order valence-electron chi connectivity index (χ1n) is 9.46. The summed E-state index contributed by atoms with van der Waals surface area (Å²) in [6.45, 7) is 0.345. The van der Waals surface area contributed by atoms with Crippen LogP contribution < -0.4 is 19.1 Å². The minimum Gasteiger partial charge on any atom is -0.486 e. The van der Waals surface area contributed by atoms with E-state index in [9.17, 15) is 17.6 Å². The van der Waals surface area contributed by atoms with Crippen molar-refractivity contribution >= 4 is 27.3 Å². The number of anilines is 2. The van der Waals surface area contributed by atoms with Crippen LogP contribution in [0.25, 0.3) is 0 Å². The van der Waals surface area contributed by atoms with E-state index in [-0.39, 0.29) is 10.6 Å². The van der Waals surface area contributed by atoms with Gasteiger partial charge in [0.1, 0.15) is 25.6 Å². The molecule has 1 aliphatic rings. The molecule has 3 aromatic carbocycles. The van der Waals surface area contributed by atoms with Gasteiger partial charge in [-0.2, -0.15) is 0 Å². The molecule has 0 aromatic heterocycles. The molecule has 1 aliphatic heterocycles. The van der Waals surface area contributed by atoms with E-state index in [0.717, 1.165) is 16.4 Å². The van der Waals surface area contributed by atoms with Gasteiger partial charge in [0.2, 0.25) is 5.91 Å². The highest BCUT2D eigenvalue weighted by Crippen LogP contribution is 2.32. The molecular weight excluding hydrogens is 423 g/mol. The Kier molecular flexibility index (Phi) is 5.77. The van der Waals surface area contributed by atoms with Crippen molar-refractivity contribution in [2.45, 2.75) is 4.90 Å². The fourth-order valence-electron chi connectivity index (χ4n) is 3.09. The van der Waals surface area contributed by atoms with Crippen molar-refractivity contribution in [3.63, 3.8) is 0 Å². The second-order valence-electron chi connectivity index (χ2n) is 6.71. The van der Waals surface area contributed by atoms with E-state index < -0.39 is 28.3 Å². The van der Waals surface area contributed by atoms with Crippen molar-refractivity contribution in [3.8, 4) is 11.5 Å². The first-order valence-corrected chi connectivity index (χ1v) is 10.9. The maximum absolute atomic E-state index is 13.4. The van der Waals surface area contributed by atoms with Gasteiger partial charge < -0.3 is 14.8 Å². The van der Waals surface area contributed by atoms with Gasteiger partial charge in [0.15, 0.2) is 11.5 Å². The van der Waals surface area contributed by atoms with Crippen molar-refractivity contribution < 1.29 is 27.1 Å². The summed E-state index contributed by atoms with van der Waals surface area (Å²) in [4.78, 5) is 12.8. The smallest absolute Gasteiger partial charge is 0.264 e. The molecule has 1 amide bonds. The molecule has 31 heavy (non-hydrogen) atoms. The number of nitrogens with zero attached hydrogens (tertiary/aromatic N) is 1. The molecule has 0 radical (unpaired) electrons. The lowest BCUT2D eigenvalue weighted by Gasteiger charge is -2.24. The minimum absolute atomic E-state index is 0.0199. The highest BCUT2D eigenvalue weighted by atomic mass is 32.2. The molecule has 0 atom stereocenters. The lowest BCUT2D eigenvalue weighted by molar-refractivity contribution is -0.114. The Morgan fingerprint density at radius 1 is 0.935 bits per heavy atom. The summed E-state index contributed by atoms with van der Waals surface area (Å²) in [5.74, 6) is -0.0118. The van der Waals surface area contributed by atoms with Crippen LogP contribution in [0, 0.1) is 5.82 Å². The van der Waals surface area contributed by atoms with Crippen LogP contribution in [0.3, 0.4) is 0 Å². The normalized spacial score (nSPS) is 12.8. The Morgan fingerprint density at radius 3 is 2.32 bits per heavy atom. The Bertz CT molecular complexity index is 1180. The van der Waals surface area contributed by atoms with Gasteiger partial charge in [-0.25, -0.2) is 12.8 Å². The summed E-state index contributed by atoms with van der Waals surface area (Å²) < 4.78 is 51.7. The number of benzene rings is 3. The summed E-state index contributed by atoms with van der Waals surface area (Å²) in [7, 11) is -4.06. The Balaban J connectivity index is 1.60. The van der Waals surface area contributed by atoms with Crippen LogP contribution in [-0.2, 0) is 14.8 Å². The molecule has 1 N–H and O–H groups in total. The predicted octanol–water partition coefficient (Wildman–Crippen LogP) is 3.43. The van der Waals surface area contributed by atoms with Crippen LogP contribution in [0.2, 0.25) is 0 Å². The van der Waals surface area contributed by atoms with Gasteiger partial charge >= 0.3 is 0 Å². The molecule has 160 valence electrons. The maximum Gasteiger partial charge on any atom is 0.264 e. The Labute approximate surface area is 179 Å². The zero-order valence-electron chi connectivity index (χ0n) is 16.3. The molecule has 7 nitrogen and oxygen atoms in total. The molecule has 1 heterocycles. The van der Waals surface area contributed by atoms with Gasteiger partial charge in [0.25, 0.3) is 10.0 Å². The van der Waals surface area contributed by atoms with E-state index in [1.807, 2.05) is 0 Å². The molecule has 0 fully saturated rings. The molecule has 4 rings (SSSR count). The number of ether oxygens (including phenoxy) is 2. The van der Waals surface area contributed by atoms with Crippen molar-refractivity contribution in [1.82, 2.24) is 0 Å². The van der Waals surface area contributed by atoms with Crippen molar-refractivity contribution in [1.29, 1.82) is 0 Å². The molecule has 9 heteroatoms. The number of rotatable bonds is 6. The average molecular weight is 442 g/mol. The van der Waals surface area contributed by atoms with Crippen LogP contribution >= 0.6 is 0 Å². The van der Waals surface area contributed by atoms with E-state index in [4.69, 9.17) is 9.47 Å². The van der Waals surface area contributed by atoms with Crippen molar-refractivity contribution in [2.24, 2.45) is 0 Å².